The second-order valence-corrected chi connectivity index (χ2v) is 10.7. The minimum atomic E-state index is 0.705. The second-order valence-electron chi connectivity index (χ2n) is 10.7. The highest BCUT2D eigenvalue weighted by Gasteiger charge is 2.25. The van der Waals surface area contributed by atoms with Crippen molar-refractivity contribution in [2.75, 3.05) is 26.2 Å². The molecule has 0 unspecified atom stereocenters. The number of hydrogen-bond acceptors (Lipinski definition) is 4. The van der Waals surface area contributed by atoms with Crippen molar-refractivity contribution >= 4 is 0 Å². The van der Waals surface area contributed by atoms with Gasteiger partial charge in [-0.15, -0.1) is 10.2 Å². The molecule has 32 heavy (non-hydrogen) atoms. The van der Waals surface area contributed by atoms with E-state index in [0.717, 1.165) is 62.3 Å². The van der Waals surface area contributed by atoms with Crippen LogP contribution in [0.2, 0.25) is 0 Å². The first-order valence-electron chi connectivity index (χ1n) is 13.1. The Bertz CT molecular complexity index is 792. The molecule has 2 saturated heterocycles. The summed E-state index contributed by atoms with van der Waals surface area (Å²) in [5.41, 5.74) is 0. The molecule has 0 saturated carbocycles. The number of rotatable bonds is 9. The molecule has 0 radical (unpaired) electrons. The van der Waals surface area contributed by atoms with E-state index in [2.05, 4.69) is 81.6 Å². The van der Waals surface area contributed by atoms with Gasteiger partial charge in [0, 0.05) is 50.4 Å². The zero-order valence-corrected chi connectivity index (χ0v) is 20.8. The molecule has 2 aromatic heterocycles. The number of aryl methyl sites for hydroxylation is 2. The predicted molar refractivity (Wildman–Crippen MR) is 131 cm³/mol. The number of likely N-dealkylation sites (tertiary alicyclic amines) is 2. The maximum Gasteiger partial charge on any atom is 0.153 e. The lowest BCUT2D eigenvalue weighted by Crippen LogP contribution is -2.44. The average Bonchev–Trinajstić information content (AvgIpc) is 3.39. The summed E-state index contributed by atoms with van der Waals surface area (Å²) in [5.74, 6) is 3.82. The topological polar surface area (TPSA) is 42.1 Å². The zero-order chi connectivity index (χ0) is 22.5. The number of aromatic nitrogens is 4. The van der Waals surface area contributed by atoms with Crippen LogP contribution in [0.3, 0.4) is 0 Å². The Labute approximate surface area is 195 Å². The van der Waals surface area contributed by atoms with Crippen molar-refractivity contribution in [1.29, 1.82) is 0 Å². The van der Waals surface area contributed by atoms with Gasteiger partial charge in [0.15, 0.2) is 11.6 Å². The van der Waals surface area contributed by atoms with Crippen molar-refractivity contribution < 1.29 is 0 Å². The second kappa shape index (κ2) is 11.0. The third-order valence-electron chi connectivity index (χ3n) is 7.60. The molecular formula is C26H44N6. The van der Waals surface area contributed by atoms with E-state index in [1.165, 1.54) is 38.8 Å². The van der Waals surface area contributed by atoms with Gasteiger partial charge in [0.2, 0.25) is 0 Å². The van der Waals surface area contributed by atoms with Crippen LogP contribution < -0.4 is 0 Å². The predicted octanol–water partition coefficient (Wildman–Crippen LogP) is 4.50. The summed E-state index contributed by atoms with van der Waals surface area (Å²) >= 11 is 0. The molecule has 4 heterocycles. The van der Waals surface area contributed by atoms with Crippen LogP contribution in [-0.4, -0.2) is 67.6 Å². The van der Waals surface area contributed by atoms with Crippen LogP contribution in [0.5, 0.6) is 0 Å². The van der Waals surface area contributed by atoms with Crippen molar-refractivity contribution in [3.63, 3.8) is 0 Å². The molecule has 4 atom stereocenters. The standard InChI is InChI=1S/C26H44N6/c1-21-18-22(2)20-29(19-21)14-8-12-25-27-28-26(32(25)30-15-5-6-16-30)13-9-17-31-23(3)10-7-11-24(31)4/h5-6,15-16,21-24H,7-14,17-20H2,1-4H3/t21-,22+,23-,24+. The summed E-state index contributed by atoms with van der Waals surface area (Å²) in [6.07, 6.45) is 13.9. The molecule has 0 N–H and O–H groups in total. The molecule has 0 aliphatic carbocycles. The lowest BCUT2D eigenvalue weighted by Gasteiger charge is -2.39. The van der Waals surface area contributed by atoms with Crippen molar-refractivity contribution in [1.82, 2.24) is 29.3 Å². The summed E-state index contributed by atoms with van der Waals surface area (Å²) in [6.45, 7) is 14.4. The highest BCUT2D eigenvalue weighted by molar-refractivity contribution is 5.02. The van der Waals surface area contributed by atoms with E-state index >= 15 is 0 Å². The summed E-state index contributed by atoms with van der Waals surface area (Å²) < 4.78 is 4.41. The largest absolute Gasteiger partial charge is 0.303 e. The normalized spacial score (nSPS) is 27.8. The Morgan fingerprint density at radius 2 is 1.38 bits per heavy atom. The lowest BCUT2D eigenvalue weighted by atomic mass is 9.92. The van der Waals surface area contributed by atoms with E-state index in [0.29, 0.717) is 12.1 Å². The van der Waals surface area contributed by atoms with Crippen molar-refractivity contribution in [3.05, 3.63) is 36.2 Å². The van der Waals surface area contributed by atoms with E-state index in [4.69, 9.17) is 0 Å². The quantitative estimate of drug-likeness (QED) is 0.576. The van der Waals surface area contributed by atoms with Gasteiger partial charge in [0.1, 0.15) is 0 Å². The summed E-state index contributed by atoms with van der Waals surface area (Å²) in [5, 5.41) is 9.28. The zero-order valence-electron chi connectivity index (χ0n) is 20.8. The Morgan fingerprint density at radius 1 is 0.812 bits per heavy atom. The van der Waals surface area contributed by atoms with Crippen LogP contribution >= 0.6 is 0 Å². The first-order chi connectivity index (χ1) is 15.5. The number of hydrogen-bond donors (Lipinski definition) is 0. The third kappa shape index (κ3) is 5.82. The number of piperidine rings is 2. The molecule has 2 aromatic rings. The van der Waals surface area contributed by atoms with Gasteiger partial charge in [-0.2, -0.15) is 0 Å². The minimum absolute atomic E-state index is 0.705. The fraction of sp³-hybridized carbons (Fsp3) is 0.769. The fourth-order valence-corrected chi connectivity index (χ4v) is 6.16. The lowest BCUT2D eigenvalue weighted by molar-refractivity contribution is 0.102. The van der Waals surface area contributed by atoms with Gasteiger partial charge in [-0.1, -0.05) is 20.3 Å². The molecule has 0 aromatic carbocycles. The van der Waals surface area contributed by atoms with E-state index < -0.39 is 0 Å². The minimum Gasteiger partial charge on any atom is -0.303 e. The SMILES string of the molecule is C[C@@H]1C[C@H](C)CN(CCCc2nnc(CCCN3[C@H](C)CCC[C@@H]3C)n2-n2cccc2)C1. The average molecular weight is 441 g/mol. The van der Waals surface area contributed by atoms with Gasteiger partial charge in [-0.25, -0.2) is 4.68 Å². The first-order valence-corrected chi connectivity index (χ1v) is 13.1. The highest BCUT2D eigenvalue weighted by atomic mass is 15.5. The van der Waals surface area contributed by atoms with E-state index in [-0.39, 0.29) is 0 Å². The maximum atomic E-state index is 4.64. The molecule has 2 aliphatic heterocycles. The van der Waals surface area contributed by atoms with E-state index in [9.17, 15) is 0 Å². The van der Waals surface area contributed by atoms with Gasteiger partial charge < -0.3 is 4.90 Å². The van der Waals surface area contributed by atoms with Crippen molar-refractivity contribution in [2.24, 2.45) is 11.8 Å². The molecule has 0 spiro atoms. The Kier molecular flexibility index (Phi) is 8.06. The molecule has 2 fully saturated rings. The van der Waals surface area contributed by atoms with Gasteiger partial charge in [-0.05, 0) is 83.0 Å². The number of nitrogens with zero attached hydrogens (tertiary/aromatic N) is 6. The van der Waals surface area contributed by atoms with E-state index in [1.807, 2.05) is 0 Å². The molecule has 6 heteroatoms. The highest BCUT2D eigenvalue weighted by Crippen LogP contribution is 2.23. The van der Waals surface area contributed by atoms with E-state index in [1.54, 1.807) is 0 Å². The van der Waals surface area contributed by atoms with Crippen LogP contribution in [0.15, 0.2) is 24.5 Å². The van der Waals surface area contributed by atoms with Crippen LogP contribution in [-0.2, 0) is 12.8 Å². The summed E-state index contributed by atoms with van der Waals surface area (Å²) in [7, 11) is 0. The first kappa shape index (κ1) is 23.5. The summed E-state index contributed by atoms with van der Waals surface area (Å²) in [6, 6.07) is 5.58. The molecule has 6 nitrogen and oxygen atoms in total. The van der Waals surface area contributed by atoms with Crippen molar-refractivity contribution in [2.45, 2.75) is 91.1 Å². The summed E-state index contributed by atoms with van der Waals surface area (Å²) in [4.78, 5) is 5.35. The molecule has 178 valence electrons. The molecule has 4 rings (SSSR count). The van der Waals surface area contributed by atoms with Gasteiger partial charge in [0.05, 0.1) is 0 Å². The molecule has 2 aliphatic rings. The Balaban J connectivity index is 1.36. The third-order valence-corrected chi connectivity index (χ3v) is 7.60. The maximum absolute atomic E-state index is 4.64. The fourth-order valence-electron chi connectivity index (χ4n) is 6.16. The molecule has 0 bridgehead atoms. The van der Waals surface area contributed by atoms with Crippen LogP contribution in [0.25, 0.3) is 0 Å². The van der Waals surface area contributed by atoms with Gasteiger partial charge >= 0.3 is 0 Å². The van der Waals surface area contributed by atoms with Crippen LogP contribution in [0, 0.1) is 11.8 Å². The molecular weight excluding hydrogens is 396 g/mol. The van der Waals surface area contributed by atoms with Gasteiger partial charge in [-0.3, -0.25) is 9.58 Å². The smallest absolute Gasteiger partial charge is 0.153 e. The van der Waals surface area contributed by atoms with Crippen LogP contribution in [0.4, 0.5) is 0 Å². The Morgan fingerprint density at radius 3 is 1.97 bits per heavy atom. The van der Waals surface area contributed by atoms with Gasteiger partial charge in [0.25, 0.3) is 0 Å². The van der Waals surface area contributed by atoms with Crippen LogP contribution in [0.1, 0.15) is 77.9 Å². The van der Waals surface area contributed by atoms with Crippen molar-refractivity contribution in [3.8, 4) is 0 Å². The Hall–Kier alpha value is -1.66. The monoisotopic (exact) mass is 440 g/mol. The molecule has 0 amide bonds.